The van der Waals surface area contributed by atoms with Gasteiger partial charge in [0.2, 0.25) is 11.8 Å². The Morgan fingerprint density at radius 3 is 2.11 bits per heavy atom. The van der Waals surface area contributed by atoms with E-state index in [1.54, 1.807) is 4.90 Å². The molecule has 2 fully saturated rings. The Morgan fingerprint density at radius 2 is 1.54 bits per heavy atom. The SMILES string of the molecule is O=C(Cc1ccccc1)NC1C(=O)N2CC(CCl)(C(=O)OC(c3ccccc3)c3ccccc3)CS[C@H]12. The fourth-order valence-electron chi connectivity index (χ4n) is 4.71. The first-order valence-corrected chi connectivity index (χ1v) is 13.7. The zero-order chi connectivity index (χ0) is 25.8. The number of carbonyl (C=O) groups excluding carboxylic acids is 3. The van der Waals surface area contributed by atoms with Crippen LogP contribution in [0.4, 0.5) is 0 Å². The molecule has 0 radical (unpaired) electrons. The molecule has 2 aliphatic heterocycles. The lowest BCUT2D eigenvalue weighted by molar-refractivity contribution is -0.164. The molecule has 2 heterocycles. The predicted molar refractivity (Wildman–Crippen MR) is 144 cm³/mol. The molecule has 0 spiro atoms. The minimum absolute atomic E-state index is 0.0245. The number of halogens is 1. The summed E-state index contributed by atoms with van der Waals surface area (Å²) in [6.07, 6.45) is -0.379. The minimum Gasteiger partial charge on any atom is -0.452 e. The van der Waals surface area contributed by atoms with Crippen LogP contribution in [0.5, 0.6) is 0 Å². The highest BCUT2D eigenvalue weighted by Gasteiger charge is 2.57. The second kappa shape index (κ2) is 11.0. The van der Waals surface area contributed by atoms with Gasteiger partial charge in [-0.05, 0) is 16.7 Å². The van der Waals surface area contributed by atoms with Gasteiger partial charge in [-0.25, -0.2) is 0 Å². The molecule has 2 amide bonds. The first kappa shape index (κ1) is 25.4. The van der Waals surface area contributed by atoms with E-state index in [-0.39, 0.29) is 36.0 Å². The number of carbonyl (C=O) groups is 3. The smallest absolute Gasteiger partial charge is 0.316 e. The van der Waals surface area contributed by atoms with Gasteiger partial charge in [0.05, 0.1) is 6.42 Å². The molecule has 0 aromatic heterocycles. The number of fused-ring (bicyclic) bond motifs is 1. The summed E-state index contributed by atoms with van der Waals surface area (Å²) in [6, 6.07) is 27.9. The van der Waals surface area contributed by atoms with E-state index in [4.69, 9.17) is 16.3 Å². The number of rotatable bonds is 8. The van der Waals surface area contributed by atoms with Crippen molar-refractivity contribution in [1.29, 1.82) is 0 Å². The Balaban J connectivity index is 1.27. The van der Waals surface area contributed by atoms with Crippen molar-refractivity contribution in [3.05, 3.63) is 108 Å². The Bertz CT molecular complexity index is 1220. The molecule has 2 saturated heterocycles. The Kier molecular flexibility index (Phi) is 7.53. The van der Waals surface area contributed by atoms with E-state index in [1.165, 1.54) is 11.8 Å². The molecule has 1 N–H and O–H groups in total. The maximum atomic E-state index is 13.6. The molecule has 3 aromatic rings. The van der Waals surface area contributed by atoms with Gasteiger partial charge in [0.1, 0.15) is 16.8 Å². The van der Waals surface area contributed by atoms with Crippen molar-refractivity contribution < 1.29 is 19.1 Å². The number of esters is 1. The minimum atomic E-state index is -1.04. The van der Waals surface area contributed by atoms with Crippen LogP contribution in [0.3, 0.4) is 0 Å². The lowest BCUT2D eigenvalue weighted by Crippen LogP contribution is -2.74. The number of ether oxygens (including phenoxy) is 1. The zero-order valence-corrected chi connectivity index (χ0v) is 21.7. The Labute approximate surface area is 225 Å². The highest BCUT2D eigenvalue weighted by atomic mass is 35.5. The van der Waals surface area contributed by atoms with Crippen molar-refractivity contribution in [2.24, 2.45) is 5.41 Å². The summed E-state index contributed by atoms with van der Waals surface area (Å²) in [5.41, 5.74) is 1.55. The molecule has 3 atom stereocenters. The maximum absolute atomic E-state index is 13.6. The molecule has 0 saturated carbocycles. The lowest BCUT2D eigenvalue weighted by Gasteiger charge is -2.53. The van der Waals surface area contributed by atoms with Crippen LogP contribution in [-0.2, 0) is 25.5 Å². The largest absolute Gasteiger partial charge is 0.452 e. The van der Waals surface area contributed by atoms with Gasteiger partial charge in [0.25, 0.3) is 0 Å². The molecule has 3 aromatic carbocycles. The fourth-order valence-corrected chi connectivity index (χ4v) is 6.64. The highest BCUT2D eigenvalue weighted by molar-refractivity contribution is 8.00. The number of hydrogen-bond donors (Lipinski definition) is 1. The summed E-state index contributed by atoms with van der Waals surface area (Å²) in [7, 11) is 0. The van der Waals surface area contributed by atoms with Crippen LogP contribution in [-0.4, -0.2) is 52.3 Å². The summed E-state index contributed by atoms with van der Waals surface area (Å²) in [5, 5.41) is 2.64. The van der Waals surface area contributed by atoms with Gasteiger partial charge in [-0.1, -0.05) is 91.0 Å². The quantitative estimate of drug-likeness (QED) is 0.266. The van der Waals surface area contributed by atoms with E-state index in [9.17, 15) is 14.4 Å². The van der Waals surface area contributed by atoms with Crippen LogP contribution < -0.4 is 5.32 Å². The number of benzene rings is 3. The number of β-lactam (4-membered cyclic amide) rings is 1. The molecular formula is C29H27ClN2O4S. The third-order valence-electron chi connectivity index (χ3n) is 6.79. The monoisotopic (exact) mass is 534 g/mol. The number of alkyl halides is 1. The maximum Gasteiger partial charge on any atom is 0.316 e. The van der Waals surface area contributed by atoms with Crippen LogP contribution in [0.1, 0.15) is 22.8 Å². The van der Waals surface area contributed by atoms with Gasteiger partial charge in [-0.3, -0.25) is 14.4 Å². The molecule has 6 nitrogen and oxygen atoms in total. The third-order valence-corrected chi connectivity index (χ3v) is 8.89. The number of thioether (sulfide) groups is 1. The van der Waals surface area contributed by atoms with Crippen LogP contribution in [0.15, 0.2) is 91.0 Å². The van der Waals surface area contributed by atoms with Gasteiger partial charge >= 0.3 is 5.97 Å². The number of amides is 2. The van der Waals surface area contributed by atoms with Crippen molar-refractivity contribution in [3.63, 3.8) is 0 Å². The van der Waals surface area contributed by atoms with Crippen LogP contribution in [0, 0.1) is 5.41 Å². The van der Waals surface area contributed by atoms with Crippen molar-refractivity contribution >= 4 is 41.1 Å². The summed E-state index contributed by atoms with van der Waals surface area (Å²) in [5.74, 6) is -0.423. The molecule has 5 rings (SSSR count). The van der Waals surface area contributed by atoms with Gasteiger partial charge in [0, 0.05) is 18.2 Å². The van der Waals surface area contributed by atoms with Crippen molar-refractivity contribution in [2.75, 3.05) is 18.2 Å². The molecule has 2 aliphatic rings. The van der Waals surface area contributed by atoms with E-state index in [0.717, 1.165) is 16.7 Å². The molecule has 37 heavy (non-hydrogen) atoms. The van der Waals surface area contributed by atoms with E-state index in [2.05, 4.69) is 5.32 Å². The van der Waals surface area contributed by atoms with Crippen LogP contribution in [0.2, 0.25) is 0 Å². The summed E-state index contributed by atoms with van der Waals surface area (Å²) >= 11 is 7.84. The first-order valence-electron chi connectivity index (χ1n) is 12.1. The van der Waals surface area contributed by atoms with Gasteiger partial charge in [-0.15, -0.1) is 23.4 Å². The van der Waals surface area contributed by atoms with Crippen molar-refractivity contribution in [2.45, 2.75) is 23.9 Å². The third kappa shape index (κ3) is 5.24. The molecule has 2 unspecified atom stereocenters. The second-order valence-corrected chi connectivity index (χ2v) is 10.8. The summed E-state index contributed by atoms with van der Waals surface area (Å²) < 4.78 is 6.11. The topological polar surface area (TPSA) is 75.7 Å². The standard InChI is InChI=1S/C29H27ClN2O4S/c30-17-29(28(35)36-25(21-12-6-2-7-13-21)22-14-8-3-9-15-22)18-32-26(34)24(27(32)37-19-29)31-23(33)16-20-10-4-1-5-11-20/h1-15,24-25,27H,16-19H2,(H,31,33)/t24?,27-,29?/m1/s1. The van der Waals surface area contributed by atoms with E-state index < -0.39 is 23.5 Å². The van der Waals surface area contributed by atoms with Gasteiger partial charge in [0.15, 0.2) is 6.10 Å². The van der Waals surface area contributed by atoms with E-state index in [1.807, 2.05) is 91.0 Å². The average molecular weight is 535 g/mol. The first-order chi connectivity index (χ1) is 18.0. The molecule has 0 bridgehead atoms. The molecule has 0 aliphatic carbocycles. The average Bonchev–Trinajstić information content (AvgIpc) is 2.95. The number of nitrogens with one attached hydrogen (secondary N) is 1. The normalized spacial score (nSPS) is 22.6. The number of hydrogen-bond acceptors (Lipinski definition) is 5. The van der Waals surface area contributed by atoms with Crippen molar-refractivity contribution in [1.82, 2.24) is 10.2 Å². The summed E-state index contributed by atoms with van der Waals surface area (Å²) in [6.45, 7) is 0.160. The van der Waals surface area contributed by atoms with Crippen LogP contribution in [0.25, 0.3) is 0 Å². The Morgan fingerprint density at radius 1 is 0.973 bits per heavy atom. The summed E-state index contributed by atoms with van der Waals surface area (Å²) in [4.78, 5) is 40.8. The van der Waals surface area contributed by atoms with Crippen molar-refractivity contribution in [3.8, 4) is 0 Å². The Hall–Kier alpha value is -3.29. The highest BCUT2D eigenvalue weighted by Crippen LogP contribution is 2.44. The predicted octanol–water partition coefficient (Wildman–Crippen LogP) is 4.19. The molecule has 8 heteroatoms. The zero-order valence-electron chi connectivity index (χ0n) is 20.1. The molecule has 190 valence electrons. The molecular weight excluding hydrogens is 508 g/mol. The fraction of sp³-hybridized carbons (Fsp3) is 0.276. The van der Waals surface area contributed by atoms with Crippen LogP contribution >= 0.6 is 23.4 Å². The van der Waals surface area contributed by atoms with Gasteiger partial charge in [-0.2, -0.15) is 0 Å². The van der Waals surface area contributed by atoms with E-state index >= 15 is 0 Å². The lowest BCUT2D eigenvalue weighted by atomic mass is 9.88. The number of nitrogens with zero attached hydrogens (tertiary/aromatic N) is 1. The second-order valence-electron chi connectivity index (χ2n) is 9.40. The van der Waals surface area contributed by atoms with Gasteiger partial charge < -0.3 is 15.0 Å². The van der Waals surface area contributed by atoms with E-state index in [0.29, 0.717) is 5.75 Å².